The van der Waals surface area contributed by atoms with Crippen molar-refractivity contribution in [3.63, 3.8) is 0 Å². The van der Waals surface area contributed by atoms with Crippen LogP contribution in [0.3, 0.4) is 0 Å². The van der Waals surface area contributed by atoms with E-state index < -0.39 is 0 Å². The number of rotatable bonds is 5. The largest absolute Gasteiger partial charge is 0.493 e. The van der Waals surface area contributed by atoms with Crippen molar-refractivity contribution in [2.45, 2.75) is 38.1 Å². The Labute approximate surface area is 163 Å². The van der Waals surface area contributed by atoms with Crippen molar-refractivity contribution in [1.29, 1.82) is 0 Å². The molecule has 0 saturated heterocycles. The van der Waals surface area contributed by atoms with E-state index in [4.69, 9.17) is 9.47 Å². The zero-order valence-corrected chi connectivity index (χ0v) is 16.1. The van der Waals surface area contributed by atoms with E-state index in [1.54, 1.807) is 20.4 Å². The molecule has 1 aliphatic rings. The Morgan fingerprint density at radius 3 is 2.61 bits per heavy atom. The molecule has 146 valence electrons. The second-order valence-corrected chi connectivity index (χ2v) is 7.02. The molecule has 4 rings (SSSR count). The zero-order valence-electron chi connectivity index (χ0n) is 16.1. The molecule has 28 heavy (non-hydrogen) atoms. The molecule has 0 unspecified atom stereocenters. The maximum atomic E-state index is 12.9. The molecule has 7 nitrogen and oxygen atoms in total. The number of hydrogen-bond donors (Lipinski definition) is 2. The molecule has 2 N–H and O–H groups in total. The standard InChI is InChI=1S/C21H24N4O3/c1-27-16-9-8-13(12-17(16)28-2)15-10-11-22-19-18(15)20(26)25-21(24-19)23-14-6-4-3-5-7-14/h8-12,14H,3-7H2,1-2H3,(H2,22,23,24,25,26). The van der Waals surface area contributed by atoms with Crippen LogP contribution in [0.2, 0.25) is 0 Å². The van der Waals surface area contributed by atoms with E-state index in [2.05, 4.69) is 20.3 Å². The number of hydrogen-bond acceptors (Lipinski definition) is 6. The first-order valence-electron chi connectivity index (χ1n) is 9.57. The molecule has 0 spiro atoms. The van der Waals surface area contributed by atoms with E-state index in [9.17, 15) is 4.79 Å². The van der Waals surface area contributed by atoms with Gasteiger partial charge >= 0.3 is 0 Å². The molecule has 0 aliphatic heterocycles. The van der Waals surface area contributed by atoms with Crippen molar-refractivity contribution in [3.8, 4) is 22.6 Å². The van der Waals surface area contributed by atoms with Gasteiger partial charge in [-0.3, -0.25) is 9.78 Å². The highest BCUT2D eigenvalue weighted by atomic mass is 16.5. The van der Waals surface area contributed by atoms with Crippen LogP contribution >= 0.6 is 0 Å². The summed E-state index contributed by atoms with van der Waals surface area (Å²) in [6, 6.07) is 7.73. The molecule has 7 heteroatoms. The number of pyridine rings is 1. The van der Waals surface area contributed by atoms with Crippen LogP contribution in [-0.4, -0.2) is 35.2 Å². The van der Waals surface area contributed by atoms with Gasteiger partial charge in [-0.15, -0.1) is 0 Å². The van der Waals surface area contributed by atoms with Gasteiger partial charge in [-0.25, -0.2) is 4.98 Å². The highest BCUT2D eigenvalue weighted by molar-refractivity contribution is 5.92. The van der Waals surface area contributed by atoms with Gasteiger partial charge in [-0.2, -0.15) is 4.98 Å². The van der Waals surface area contributed by atoms with E-state index in [1.165, 1.54) is 19.3 Å². The lowest BCUT2D eigenvalue weighted by Crippen LogP contribution is -2.25. The van der Waals surface area contributed by atoms with Crippen LogP contribution in [-0.2, 0) is 0 Å². The van der Waals surface area contributed by atoms with Gasteiger partial charge in [0.05, 0.1) is 19.6 Å². The number of aromatic nitrogens is 3. The molecule has 0 bridgehead atoms. The predicted octanol–water partition coefficient (Wildman–Crippen LogP) is 3.75. The van der Waals surface area contributed by atoms with Gasteiger partial charge < -0.3 is 14.8 Å². The summed E-state index contributed by atoms with van der Waals surface area (Å²) in [6.07, 6.45) is 7.55. The number of nitrogens with one attached hydrogen (secondary N) is 2. The Kier molecular flexibility index (Phi) is 5.14. The second kappa shape index (κ2) is 7.88. The lowest BCUT2D eigenvalue weighted by molar-refractivity contribution is 0.355. The summed E-state index contributed by atoms with van der Waals surface area (Å²) >= 11 is 0. The number of fused-ring (bicyclic) bond motifs is 1. The normalized spacial score (nSPS) is 14.8. The number of aromatic amines is 1. The Bertz CT molecular complexity index is 1040. The first-order chi connectivity index (χ1) is 13.7. The maximum Gasteiger partial charge on any atom is 0.262 e. The first-order valence-corrected chi connectivity index (χ1v) is 9.57. The number of nitrogens with zero attached hydrogens (tertiary/aromatic N) is 2. The second-order valence-electron chi connectivity index (χ2n) is 7.02. The van der Waals surface area contributed by atoms with Crippen molar-refractivity contribution in [1.82, 2.24) is 15.0 Å². The lowest BCUT2D eigenvalue weighted by Gasteiger charge is -2.22. The number of H-pyrrole nitrogens is 1. The molecule has 2 heterocycles. The molecule has 3 aromatic rings. The SMILES string of the molecule is COc1ccc(-c2ccnc3nc(NC4CCCCC4)[nH]c(=O)c23)cc1OC. The van der Waals surface area contributed by atoms with Gasteiger partial charge in [0.2, 0.25) is 5.95 Å². The van der Waals surface area contributed by atoms with Gasteiger partial charge in [0.1, 0.15) is 0 Å². The monoisotopic (exact) mass is 380 g/mol. The number of ether oxygens (including phenoxy) is 2. The maximum absolute atomic E-state index is 12.9. The topological polar surface area (TPSA) is 89.1 Å². The molecule has 1 fully saturated rings. The Morgan fingerprint density at radius 1 is 1.07 bits per heavy atom. The molecular formula is C21H24N4O3. The highest BCUT2D eigenvalue weighted by Crippen LogP contribution is 2.34. The summed E-state index contributed by atoms with van der Waals surface area (Å²) in [7, 11) is 3.18. The summed E-state index contributed by atoms with van der Waals surface area (Å²) in [5.41, 5.74) is 1.81. The fourth-order valence-corrected chi connectivity index (χ4v) is 3.82. The molecule has 0 amide bonds. The smallest absolute Gasteiger partial charge is 0.262 e. The first kappa shape index (κ1) is 18.3. The molecule has 0 atom stereocenters. The molecule has 1 aromatic carbocycles. The van der Waals surface area contributed by atoms with Gasteiger partial charge in [-0.05, 0) is 42.2 Å². The van der Waals surface area contributed by atoms with Crippen molar-refractivity contribution in [2.24, 2.45) is 0 Å². The Balaban J connectivity index is 1.75. The van der Waals surface area contributed by atoms with Crippen molar-refractivity contribution < 1.29 is 9.47 Å². The Hall–Kier alpha value is -3.09. The summed E-state index contributed by atoms with van der Waals surface area (Å²) in [5, 5.41) is 3.83. The van der Waals surface area contributed by atoms with E-state index in [0.717, 1.165) is 24.0 Å². The van der Waals surface area contributed by atoms with Crippen molar-refractivity contribution in [2.75, 3.05) is 19.5 Å². The van der Waals surface area contributed by atoms with Gasteiger partial charge in [0.15, 0.2) is 17.1 Å². The molecule has 1 aliphatic carbocycles. The number of anilines is 1. The summed E-state index contributed by atoms with van der Waals surface area (Å²) < 4.78 is 10.7. The fraction of sp³-hybridized carbons (Fsp3) is 0.381. The minimum absolute atomic E-state index is 0.207. The number of benzene rings is 1. The highest BCUT2D eigenvalue weighted by Gasteiger charge is 2.17. The molecular weight excluding hydrogens is 356 g/mol. The zero-order chi connectivity index (χ0) is 19.5. The quantitative estimate of drug-likeness (QED) is 0.701. The van der Waals surface area contributed by atoms with E-state index in [1.807, 2.05) is 24.3 Å². The Morgan fingerprint density at radius 2 is 1.86 bits per heavy atom. The van der Waals surface area contributed by atoms with Gasteiger partial charge in [-0.1, -0.05) is 25.3 Å². The van der Waals surface area contributed by atoms with E-state index >= 15 is 0 Å². The van der Waals surface area contributed by atoms with Crippen LogP contribution < -0.4 is 20.3 Å². The van der Waals surface area contributed by atoms with Crippen LogP contribution in [0.1, 0.15) is 32.1 Å². The summed E-state index contributed by atoms with van der Waals surface area (Å²) in [4.78, 5) is 24.7. The minimum Gasteiger partial charge on any atom is -0.493 e. The third kappa shape index (κ3) is 3.52. The summed E-state index contributed by atoms with van der Waals surface area (Å²) in [5.74, 6) is 1.72. The van der Waals surface area contributed by atoms with Crippen molar-refractivity contribution >= 4 is 17.0 Å². The van der Waals surface area contributed by atoms with E-state index in [0.29, 0.717) is 34.5 Å². The van der Waals surface area contributed by atoms with Crippen LogP contribution in [0.15, 0.2) is 35.3 Å². The minimum atomic E-state index is -0.207. The van der Waals surface area contributed by atoms with Crippen LogP contribution in [0.25, 0.3) is 22.2 Å². The van der Waals surface area contributed by atoms with Crippen LogP contribution in [0, 0.1) is 0 Å². The molecule has 1 saturated carbocycles. The third-order valence-electron chi connectivity index (χ3n) is 5.25. The number of methoxy groups -OCH3 is 2. The van der Waals surface area contributed by atoms with E-state index in [-0.39, 0.29) is 5.56 Å². The molecule has 0 radical (unpaired) electrons. The average Bonchev–Trinajstić information content (AvgIpc) is 2.73. The van der Waals surface area contributed by atoms with Crippen LogP contribution in [0.5, 0.6) is 11.5 Å². The lowest BCUT2D eigenvalue weighted by atomic mass is 9.96. The predicted molar refractivity (Wildman–Crippen MR) is 109 cm³/mol. The molecule has 2 aromatic heterocycles. The van der Waals surface area contributed by atoms with Gasteiger partial charge in [0.25, 0.3) is 5.56 Å². The average molecular weight is 380 g/mol. The van der Waals surface area contributed by atoms with Crippen LogP contribution in [0.4, 0.5) is 5.95 Å². The third-order valence-corrected chi connectivity index (χ3v) is 5.25. The van der Waals surface area contributed by atoms with Gasteiger partial charge in [0, 0.05) is 12.2 Å². The van der Waals surface area contributed by atoms with Crippen molar-refractivity contribution in [3.05, 3.63) is 40.8 Å². The fourth-order valence-electron chi connectivity index (χ4n) is 3.82. The summed E-state index contributed by atoms with van der Waals surface area (Å²) in [6.45, 7) is 0.